The molecule has 0 atom stereocenters. The number of carbonyl (C=O) groups is 2. The predicted octanol–water partition coefficient (Wildman–Crippen LogP) is 3.99. The van der Waals surface area contributed by atoms with Crippen LogP contribution in [0.4, 0.5) is 4.39 Å². The van der Waals surface area contributed by atoms with Crippen LogP contribution in [-0.4, -0.2) is 11.8 Å². The summed E-state index contributed by atoms with van der Waals surface area (Å²) < 4.78 is 13.7. The summed E-state index contributed by atoms with van der Waals surface area (Å²) in [6, 6.07) is 20.6. The van der Waals surface area contributed by atoms with Crippen LogP contribution in [0.5, 0.6) is 0 Å². The van der Waals surface area contributed by atoms with Crippen molar-refractivity contribution in [2.24, 2.45) is 0 Å². The second kappa shape index (κ2) is 8.95. The lowest BCUT2D eigenvalue weighted by Gasteiger charge is -2.09. The van der Waals surface area contributed by atoms with Crippen molar-refractivity contribution in [2.75, 3.05) is 0 Å². The van der Waals surface area contributed by atoms with Gasteiger partial charge in [0, 0.05) is 29.8 Å². The van der Waals surface area contributed by atoms with Crippen molar-refractivity contribution in [1.29, 1.82) is 0 Å². The van der Waals surface area contributed by atoms with Crippen molar-refractivity contribution in [3.05, 3.63) is 106 Å². The first-order valence-corrected chi connectivity index (χ1v) is 8.98. The highest BCUT2D eigenvalue weighted by Gasteiger charge is 2.11. The van der Waals surface area contributed by atoms with Crippen LogP contribution >= 0.6 is 0 Å². The van der Waals surface area contributed by atoms with Crippen LogP contribution in [0.25, 0.3) is 0 Å². The molecule has 3 rings (SSSR count). The highest BCUT2D eigenvalue weighted by atomic mass is 19.1. The SMILES string of the molecule is Cc1ccc(CNC(=O)c2cccc(C(=O)NCc3ccccc3F)c2)cc1. The van der Waals surface area contributed by atoms with Gasteiger partial charge >= 0.3 is 0 Å². The number of nitrogens with one attached hydrogen (secondary N) is 2. The van der Waals surface area contributed by atoms with E-state index in [1.54, 1.807) is 36.4 Å². The first-order valence-electron chi connectivity index (χ1n) is 8.98. The minimum atomic E-state index is -0.368. The maximum absolute atomic E-state index is 13.7. The molecule has 0 saturated carbocycles. The van der Waals surface area contributed by atoms with E-state index in [0.29, 0.717) is 23.2 Å². The fourth-order valence-electron chi connectivity index (χ4n) is 2.71. The summed E-state index contributed by atoms with van der Waals surface area (Å²) in [5, 5.41) is 5.52. The summed E-state index contributed by atoms with van der Waals surface area (Å²) in [6.07, 6.45) is 0. The summed E-state index contributed by atoms with van der Waals surface area (Å²) in [6.45, 7) is 2.49. The van der Waals surface area contributed by atoms with Gasteiger partial charge < -0.3 is 10.6 Å². The lowest BCUT2D eigenvalue weighted by atomic mass is 10.1. The molecule has 0 aliphatic carbocycles. The summed E-state index contributed by atoms with van der Waals surface area (Å²) in [4.78, 5) is 24.7. The minimum Gasteiger partial charge on any atom is -0.348 e. The molecule has 2 amide bonds. The Morgan fingerprint density at radius 1 is 0.786 bits per heavy atom. The van der Waals surface area contributed by atoms with Gasteiger partial charge in [-0.2, -0.15) is 0 Å². The molecule has 0 aliphatic heterocycles. The van der Waals surface area contributed by atoms with Crippen LogP contribution < -0.4 is 10.6 Å². The Labute approximate surface area is 163 Å². The first kappa shape index (κ1) is 19.3. The Kier molecular flexibility index (Phi) is 6.17. The third-order valence-corrected chi connectivity index (χ3v) is 4.36. The smallest absolute Gasteiger partial charge is 0.251 e. The number of rotatable bonds is 6. The zero-order valence-corrected chi connectivity index (χ0v) is 15.5. The van der Waals surface area contributed by atoms with Crippen molar-refractivity contribution in [2.45, 2.75) is 20.0 Å². The Bertz CT molecular complexity index is 984. The number of halogens is 1. The Morgan fingerprint density at radius 2 is 1.39 bits per heavy atom. The molecule has 3 aromatic rings. The number of amides is 2. The summed E-state index contributed by atoms with van der Waals surface area (Å²) >= 11 is 0. The van der Waals surface area contributed by atoms with E-state index in [9.17, 15) is 14.0 Å². The van der Waals surface area contributed by atoms with Crippen LogP contribution in [0.1, 0.15) is 37.4 Å². The first-order chi connectivity index (χ1) is 13.5. The fourth-order valence-corrected chi connectivity index (χ4v) is 2.71. The average molecular weight is 376 g/mol. The number of hydrogen-bond acceptors (Lipinski definition) is 2. The number of aryl methyl sites for hydroxylation is 1. The molecule has 0 fully saturated rings. The Hall–Kier alpha value is -3.47. The normalized spacial score (nSPS) is 10.4. The van der Waals surface area contributed by atoms with E-state index < -0.39 is 0 Å². The van der Waals surface area contributed by atoms with Gasteiger partial charge in [-0.3, -0.25) is 9.59 Å². The zero-order valence-electron chi connectivity index (χ0n) is 15.5. The maximum Gasteiger partial charge on any atom is 0.251 e. The number of hydrogen-bond donors (Lipinski definition) is 2. The van der Waals surface area contributed by atoms with E-state index in [4.69, 9.17) is 0 Å². The van der Waals surface area contributed by atoms with Gasteiger partial charge in [0.05, 0.1) is 0 Å². The Balaban J connectivity index is 1.60. The number of benzene rings is 3. The van der Waals surface area contributed by atoms with Gasteiger partial charge in [0.25, 0.3) is 11.8 Å². The van der Waals surface area contributed by atoms with Crippen molar-refractivity contribution in [1.82, 2.24) is 10.6 Å². The average Bonchev–Trinajstić information content (AvgIpc) is 2.72. The van der Waals surface area contributed by atoms with Crippen LogP contribution in [0, 0.1) is 12.7 Å². The summed E-state index contributed by atoms with van der Waals surface area (Å²) in [5.41, 5.74) is 3.30. The van der Waals surface area contributed by atoms with Crippen molar-refractivity contribution in [3.63, 3.8) is 0 Å². The molecule has 28 heavy (non-hydrogen) atoms. The largest absolute Gasteiger partial charge is 0.348 e. The van der Waals surface area contributed by atoms with Gasteiger partial charge in [-0.15, -0.1) is 0 Å². The lowest BCUT2D eigenvalue weighted by Crippen LogP contribution is -2.25. The predicted molar refractivity (Wildman–Crippen MR) is 106 cm³/mol. The monoisotopic (exact) mass is 376 g/mol. The maximum atomic E-state index is 13.7. The van der Waals surface area contributed by atoms with E-state index in [1.807, 2.05) is 31.2 Å². The van der Waals surface area contributed by atoms with Gasteiger partial charge in [0.1, 0.15) is 5.82 Å². The van der Waals surface area contributed by atoms with Crippen LogP contribution in [-0.2, 0) is 13.1 Å². The van der Waals surface area contributed by atoms with Gasteiger partial charge in [0.15, 0.2) is 0 Å². The second-order valence-corrected chi connectivity index (χ2v) is 6.52. The molecule has 0 unspecified atom stereocenters. The van der Waals surface area contributed by atoms with Crippen LogP contribution in [0.3, 0.4) is 0 Å². The third-order valence-electron chi connectivity index (χ3n) is 4.36. The molecular formula is C23H21FN2O2. The fraction of sp³-hybridized carbons (Fsp3) is 0.130. The minimum absolute atomic E-state index is 0.0787. The highest BCUT2D eigenvalue weighted by Crippen LogP contribution is 2.09. The molecule has 0 aliphatic rings. The van der Waals surface area contributed by atoms with Crippen molar-refractivity contribution < 1.29 is 14.0 Å². The molecule has 0 aromatic heterocycles. The quantitative estimate of drug-likeness (QED) is 0.683. The molecule has 4 nitrogen and oxygen atoms in total. The van der Waals surface area contributed by atoms with E-state index in [1.165, 1.54) is 12.1 Å². The van der Waals surface area contributed by atoms with E-state index in [2.05, 4.69) is 10.6 Å². The van der Waals surface area contributed by atoms with Gasteiger partial charge in [-0.05, 0) is 36.8 Å². The van der Waals surface area contributed by atoms with Crippen molar-refractivity contribution >= 4 is 11.8 Å². The van der Waals surface area contributed by atoms with Crippen molar-refractivity contribution in [3.8, 4) is 0 Å². The molecule has 0 spiro atoms. The highest BCUT2D eigenvalue weighted by molar-refractivity contribution is 5.99. The van der Waals surface area contributed by atoms with E-state index >= 15 is 0 Å². The molecule has 0 saturated heterocycles. The molecule has 3 aromatic carbocycles. The molecule has 0 heterocycles. The van der Waals surface area contributed by atoms with Crippen LogP contribution in [0.15, 0.2) is 72.8 Å². The molecule has 2 N–H and O–H groups in total. The molecular weight excluding hydrogens is 355 g/mol. The van der Waals surface area contributed by atoms with Gasteiger partial charge in [-0.1, -0.05) is 54.1 Å². The van der Waals surface area contributed by atoms with Gasteiger partial charge in [0.2, 0.25) is 0 Å². The summed E-state index contributed by atoms with van der Waals surface area (Å²) in [5.74, 6) is -0.993. The molecule has 5 heteroatoms. The molecule has 0 bridgehead atoms. The van der Waals surface area contributed by atoms with Crippen LogP contribution in [0.2, 0.25) is 0 Å². The summed E-state index contributed by atoms with van der Waals surface area (Å²) in [7, 11) is 0. The third kappa shape index (κ3) is 5.04. The lowest BCUT2D eigenvalue weighted by molar-refractivity contribution is 0.0950. The molecule has 142 valence electrons. The Morgan fingerprint density at radius 3 is 2.04 bits per heavy atom. The standard InChI is InChI=1S/C23H21FN2O2/c1-16-9-11-17(12-10-16)14-25-22(27)18-6-4-7-19(13-18)23(28)26-15-20-5-2-3-8-21(20)24/h2-13H,14-15H2,1H3,(H,25,27)(H,26,28). The molecule has 0 radical (unpaired) electrons. The zero-order chi connectivity index (χ0) is 19.9. The van der Waals surface area contributed by atoms with E-state index in [-0.39, 0.29) is 24.2 Å². The van der Waals surface area contributed by atoms with E-state index in [0.717, 1.165) is 11.1 Å². The van der Waals surface area contributed by atoms with Gasteiger partial charge in [-0.25, -0.2) is 4.39 Å². The number of carbonyl (C=O) groups excluding carboxylic acids is 2. The topological polar surface area (TPSA) is 58.2 Å². The second-order valence-electron chi connectivity index (χ2n) is 6.52.